The first-order chi connectivity index (χ1) is 15.8. The van der Waals surface area contributed by atoms with Crippen LogP contribution < -0.4 is 15.5 Å². The molecule has 1 atom stereocenters. The monoisotopic (exact) mass is 454 g/mol. The van der Waals surface area contributed by atoms with Gasteiger partial charge in [-0.1, -0.05) is 0 Å². The molecule has 1 aliphatic heterocycles. The molecule has 176 valence electrons. The molecule has 0 unspecified atom stereocenters. The standard InChI is InChI=1S/C23H30N6O4/c1-13-9-19(32-4)24-12-17(13)20-23(33-22(31)29-28-20)7-5-16(6-8-23)10-14(2)25-21(30)18-11-15(3)26-27-18/h9,11-12,14,16H,5-8,10H2,1-4H3,(H,25,30)(H,26,27)(H,29,31)/t14-,16?,23?/m0/s1. The van der Waals surface area contributed by atoms with E-state index >= 15 is 0 Å². The maximum Gasteiger partial charge on any atom is 0.428 e. The maximum atomic E-state index is 12.4. The largest absolute Gasteiger partial charge is 0.481 e. The second-order valence-electron chi connectivity index (χ2n) is 8.99. The fourth-order valence-corrected chi connectivity index (χ4v) is 4.76. The molecule has 1 fully saturated rings. The third-order valence-corrected chi connectivity index (χ3v) is 6.44. The van der Waals surface area contributed by atoms with Crippen LogP contribution in [-0.2, 0) is 4.74 Å². The molecule has 0 radical (unpaired) electrons. The molecule has 2 aromatic rings. The Labute approximate surface area is 192 Å². The Morgan fingerprint density at radius 3 is 2.73 bits per heavy atom. The molecular formula is C23H30N6O4. The Bertz CT molecular complexity index is 1070. The van der Waals surface area contributed by atoms with Gasteiger partial charge in [0.25, 0.3) is 5.91 Å². The number of methoxy groups -OCH3 is 1. The van der Waals surface area contributed by atoms with Gasteiger partial charge in [-0.2, -0.15) is 10.2 Å². The summed E-state index contributed by atoms with van der Waals surface area (Å²) in [6, 6.07) is 3.58. The Morgan fingerprint density at radius 2 is 2.09 bits per heavy atom. The van der Waals surface area contributed by atoms with Crippen molar-refractivity contribution in [2.45, 2.75) is 64.5 Å². The summed E-state index contributed by atoms with van der Waals surface area (Å²) in [5, 5.41) is 14.2. The molecule has 10 nitrogen and oxygen atoms in total. The molecule has 10 heteroatoms. The van der Waals surface area contributed by atoms with Gasteiger partial charge >= 0.3 is 6.09 Å². The number of pyridine rings is 1. The van der Waals surface area contributed by atoms with Crippen LogP contribution >= 0.6 is 0 Å². The van der Waals surface area contributed by atoms with Crippen LogP contribution in [0.3, 0.4) is 0 Å². The average Bonchev–Trinajstić information content (AvgIpc) is 3.22. The number of H-pyrrole nitrogens is 1. The van der Waals surface area contributed by atoms with Crippen molar-refractivity contribution < 1.29 is 19.1 Å². The van der Waals surface area contributed by atoms with Crippen LogP contribution in [0, 0.1) is 19.8 Å². The number of aromatic amines is 1. The number of aryl methyl sites for hydroxylation is 2. The summed E-state index contributed by atoms with van der Waals surface area (Å²) in [6.45, 7) is 5.83. The zero-order valence-electron chi connectivity index (χ0n) is 19.4. The van der Waals surface area contributed by atoms with E-state index in [1.165, 1.54) is 0 Å². The molecule has 4 rings (SSSR count). The van der Waals surface area contributed by atoms with Crippen LogP contribution in [0.5, 0.6) is 5.88 Å². The van der Waals surface area contributed by atoms with E-state index in [-0.39, 0.29) is 11.9 Å². The smallest absolute Gasteiger partial charge is 0.428 e. The normalized spacial score (nSPS) is 23.3. The first-order valence-corrected chi connectivity index (χ1v) is 11.2. The van der Waals surface area contributed by atoms with E-state index in [1.807, 2.05) is 26.8 Å². The van der Waals surface area contributed by atoms with Crippen molar-refractivity contribution >= 4 is 17.7 Å². The fourth-order valence-electron chi connectivity index (χ4n) is 4.76. The Morgan fingerprint density at radius 1 is 1.33 bits per heavy atom. The molecule has 2 aliphatic rings. The van der Waals surface area contributed by atoms with Crippen molar-refractivity contribution in [3.05, 3.63) is 40.8 Å². The fraction of sp³-hybridized carbons (Fsp3) is 0.522. The number of hydrazone groups is 1. The van der Waals surface area contributed by atoms with Crippen molar-refractivity contribution in [2.24, 2.45) is 11.0 Å². The van der Waals surface area contributed by atoms with Gasteiger partial charge in [0.1, 0.15) is 11.4 Å². The second-order valence-corrected chi connectivity index (χ2v) is 8.99. The number of nitrogens with zero attached hydrogens (tertiary/aromatic N) is 3. The van der Waals surface area contributed by atoms with E-state index in [0.717, 1.165) is 36.1 Å². The van der Waals surface area contributed by atoms with Crippen LogP contribution in [0.2, 0.25) is 0 Å². The van der Waals surface area contributed by atoms with Gasteiger partial charge in [-0.25, -0.2) is 15.2 Å². The number of hydrogen-bond acceptors (Lipinski definition) is 7. The lowest BCUT2D eigenvalue weighted by atomic mass is 9.72. The lowest BCUT2D eigenvalue weighted by Crippen LogP contribution is -2.52. The zero-order chi connectivity index (χ0) is 23.6. The molecule has 1 spiro atoms. The molecule has 0 saturated heterocycles. The molecule has 2 amide bonds. The summed E-state index contributed by atoms with van der Waals surface area (Å²) in [5.74, 6) is 0.747. The van der Waals surface area contributed by atoms with E-state index in [4.69, 9.17) is 9.47 Å². The summed E-state index contributed by atoms with van der Waals surface area (Å²) in [4.78, 5) is 28.8. The number of hydrogen-bond donors (Lipinski definition) is 3. The van der Waals surface area contributed by atoms with Gasteiger partial charge in [0.15, 0.2) is 5.60 Å². The van der Waals surface area contributed by atoms with Crippen molar-refractivity contribution in [3.8, 4) is 5.88 Å². The second kappa shape index (κ2) is 9.21. The van der Waals surface area contributed by atoms with E-state index < -0.39 is 11.7 Å². The number of ether oxygens (including phenoxy) is 2. The van der Waals surface area contributed by atoms with Crippen LogP contribution in [-0.4, -0.2) is 51.6 Å². The summed E-state index contributed by atoms with van der Waals surface area (Å²) >= 11 is 0. The van der Waals surface area contributed by atoms with Gasteiger partial charge in [-0.05, 0) is 70.4 Å². The molecule has 3 heterocycles. The van der Waals surface area contributed by atoms with Gasteiger partial charge in [0.05, 0.1) is 7.11 Å². The highest BCUT2D eigenvalue weighted by Crippen LogP contribution is 2.41. The topological polar surface area (TPSA) is 131 Å². The molecular weight excluding hydrogens is 424 g/mol. The summed E-state index contributed by atoms with van der Waals surface area (Å²) in [7, 11) is 1.57. The first-order valence-electron chi connectivity index (χ1n) is 11.2. The predicted octanol–water partition coefficient (Wildman–Crippen LogP) is 3.01. The minimum atomic E-state index is -0.779. The van der Waals surface area contributed by atoms with Crippen molar-refractivity contribution in [3.63, 3.8) is 0 Å². The van der Waals surface area contributed by atoms with E-state index in [1.54, 1.807) is 19.4 Å². The Kier molecular flexibility index (Phi) is 6.35. The highest BCUT2D eigenvalue weighted by Gasteiger charge is 2.46. The number of amides is 2. The third kappa shape index (κ3) is 4.84. The molecule has 0 aromatic carbocycles. The Balaban J connectivity index is 1.42. The maximum absolute atomic E-state index is 12.4. The SMILES string of the molecule is COc1cc(C)c(C2=NNC(=O)OC23CCC(C[C@H](C)NC(=O)c2cc(C)[nH]n2)CC3)cn1. The predicted molar refractivity (Wildman–Crippen MR) is 121 cm³/mol. The highest BCUT2D eigenvalue weighted by atomic mass is 16.6. The van der Waals surface area contributed by atoms with Crippen LogP contribution in [0.25, 0.3) is 0 Å². The van der Waals surface area contributed by atoms with Gasteiger partial charge in [-0.15, -0.1) is 0 Å². The molecule has 33 heavy (non-hydrogen) atoms. The Hall–Kier alpha value is -3.43. The van der Waals surface area contributed by atoms with Crippen molar-refractivity contribution in [2.75, 3.05) is 7.11 Å². The number of carbonyl (C=O) groups excluding carboxylic acids is 2. The zero-order valence-corrected chi connectivity index (χ0v) is 19.4. The summed E-state index contributed by atoms with van der Waals surface area (Å²) in [6.07, 6.45) is 5.06. The number of rotatable bonds is 6. The lowest BCUT2D eigenvalue weighted by molar-refractivity contribution is 0.0153. The first kappa shape index (κ1) is 22.8. The van der Waals surface area contributed by atoms with E-state index in [0.29, 0.717) is 36.0 Å². The molecule has 3 N–H and O–H groups in total. The van der Waals surface area contributed by atoms with Crippen molar-refractivity contribution in [1.29, 1.82) is 0 Å². The van der Waals surface area contributed by atoms with Crippen molar-refractivity contribution in [1.82, 2.24) is 25.9 Å². The van der Waals surface area contributed by atoms with Gasteiger partial charge in [-0.3, -0.25) is 9.89 Å². The van der Waals surface area contributed by atoms with Crippen LogP contribution in [0.1, 0.15) is 66.3 Å². The van der Waals surface area contributed by atoms with Gasteiger partial charge < -0.3 is 14.8 Å². The minimum Gasteiger partial charge on any atom is -0.481 e. The minimum absolute atomic E-state index is 0.00491. The number of aromatic nitrogens is 3. The molecule has 1 saturated carbocycles. The molecule has 1 aliphatic carbocycles. The number of carbonyl (C=O) groups is 2. The molecule has 2 aromatic heterocycles. The van der Waals surface area contributed by atoms with Crippen LogP contribution in [0.4, 0.5) is 4.79 Å². The van der Waals surface area contributed by atoms with Gasteiger partial charge in [0, 0.05) is 29.6 Å². The van der Waals surface area contributed by atoms with E-state index in [2.05, 4.69) is 31.0 Å². The lowest BCUT2D eigenvalue weighted by Gasteiger charge is -2.42. The van der Waals surface area contributed by atoms with E-state index in [9.17, 15) is 9.59 Å². The quantitative estimate of drug-likeness (QED) is 0.615. The van der Waals surface area contributed by atoms with Gasteiger partial charge in [0.2, 0.25) is 5.88 Å². The molecule has 0 bridgehead atoms. The number of nitrogens with one attached hydrogen (secondary N) is 3. The summed E-state index contributed by atoms with van der Waals surface area (Å²) in [5.41, 5.74) is 5.40. The third-order valence-electron chi connectivity index (χ3n) is 6.44. The van der Waals surface area contributed by atoms with Crippen LogP contribution in [0.15, 0.2) is 23.4 Å². The summed E-state index contributed by atoms with van der Waals surface area (Å²) < 4.78 is 11.1. The highest BCUT2D eigenvalue weighted by molar-refractivity contribution is 6.09. The average molecular weight is 455 g/mol.